The van der Waals surface area contributed by atoms with Gasteiger partial charge in [-0.2, -0.15) is 0 Å². The summed E-state index contributed by atoms with van der Waals surface area (Å²) in [4.78, 5) is 0. The van der Waals surface area contributed by atoms with Crippen molar-refractivity contribution in [3.05, 3.63) is 186 Å². The van der Waals surface area contributed by atoms with Crippen molar-refractivity contribution < 1.29 is 0 Å². The minimum absolute atomic E-state index is 0.449. The summed E-state index contributed by atoms with van der Waals surface area (Å²) in [6, 6.07) is 61.7. The van der Waals surface area contributed by atoms with Crippen molar-refractivity contribution in [1.29, 1.82) is 0 Å². The summed E-state index contributed by atoms with van der Waals surface area (Å²) in [5.74, 6) is 0. The Balaban J connectivity index is 1.33. The predicted octanol–water partition coefficient (Wildman–Crippen LogP) is 9.95. The van der Waals surface area contributed by atoms with Crippen LogP contribution in [0.15, 0.2) is 164 Å². The molecule has 2 aliphatic heterocycles. The molecule has 0 aliphatic carbocycles. The molecule has 1 unspecified atom stereocenters. The molecule has 10 rings (SSSR count). The van der Waals surface area contributed by atoms with Crippen LogP contribution in [0.5, 0.6) is 0 Å². The molecule has 1 aromatic heterocycles. The molecule has 0 saturated carbocycles. The van der Waals surface area contributed by atoms with Crippen LogP contribution in [-0.4, -0.2) is 12.6 Å². The number of para-hydroxylation sites is 3. The molecule has 0 bridgehead atoms. The van der Waals surface area contributed by atoms with Gasteiger partial charge in [-0.25, -0.2) is 0 Å². The van der Waals surface area contributed by atoms with Gasteiger partial charge in [0.05, 0.1) is 22.1 Å². The van der Waals surface area contributed by atoms with Crippen molar-refractivity contribution in [2.75, 3.05) is 0 Å². The van der Waals surface area contributed by atoms with Crippen molar-refractivity contribution in [3.63, 3.8) is 0 Å². The second-order valence-corrected chi connectivity index (χ2v) is 18.0. The molecule has 2 aliphatic rings. The van der Waals surface area contributed by atoms with Crippen LogP contribution in [0.25, 0.3) is 49.7 Å². The number of rotatable bonds is 2. The summed E-state index contributed by atoms with van der Waals surface area (Å²) in [6.07, 6.45) is 0. The van der Waals surface area contributed by atoms with E-state index in [0.717, 1.165) is 0 Å². The quantitative estimate of drug-likeness (QED) is 0.171. The second-order valence-electron chi connectivity index (χ2n) is 13.7. The number of hydrogen-bond donors (Lipinski definition) is 0. The fraction of sp³-hybridized carbons (Fsp3) is 0.0667. The van der Waals surface area contributed by atoms with E-state index in [2.05, 4.69) is 181 Å². The lowest BCUT2D eigenvalue weighted by Crippen LogP contribution is -2.63. The highest BCUT2D eigenvalue weighted by Gasteiger charge is 2.53. The minimum atomic E-state index is -2.05. The molecule has 1 atom stereocenters. The molecule has 3 heterocycles. The van der Waals surface area contributed by atoms with Gasteiger partial charge in [-0.05, 0) is 73.1 Å². The topological polar surface area (TPSA) is 4.93 Å². The lowest BCUT2D eigenvalue weighted by atomic mass is 9.62. The normalized spacial score (nSPS) is 17.0. The van der Waals surface area contributed by atoms with Crippen molar-refractivity contribution in [3.8, 4) is 27.9 Å². The average molecular weight is 616 g/mol. The summed E-state index contributed by atoms with van der Waals surface area (Å²) in [7, 11) is -2.05. The van der Waals surface area contributed by atoms with Gasteiger partial charge in [0.15, 0.2) is 0 Å². The average Bonchev–Trinajstić information content (AvgIpc) is 3.47. The highest BCUT2D eigenvalue weighted by Crippen LogP contribution is 2.55. The van der Waals surface area contributed by atoms with E-state index >= 15 is 0 Å². The van der Waals surface area contributed by atoms with E-state index in [1.165, 1.54) is 82.4 Å². The van der Waals surface area contributed by atoms with Crippen molar-refractivity contribution >= 4 is 40.3 Å². The smallest absolute Gasteiger partial charge is 0.113 e. The van der Waals surface area contributed by atoms with Crippen molar-refractivity contribution in [2.45, 2.75) is 18.5 Å². The standard InChI is InChI=1S/C45H33NSi/c1-47(2)42-22-11-8-18-37(42)45(39-29-33(27-28-43(39)47)32-25-23-31(24-26-32)30-13-4-3-5-14-30)36-17-7-10-21-41(36)46-40-20-9-6-15-34(40)35-16-12-19-38(45)44(35)46/h3-29H,1-2H3. The predicted molar refractivity (Wildman–Crippen MR) is 200 cm³/mol. The number of hydrogen-bond acceptors (Lipinski definition) is 0. The van der Waals surface area contributed by atoms with Gasteiger partial charge in [-0.1, -0.05) is 159 Å². The van der Waals surface area contributed by atoms with Crippen LogP contribution in [0.4, 0.5) is 0 Å². The lowest BCUT2D eigenvalue weighted by Gasteiger charge is -2.49. The van der Waals surface area contributed by atoms with E-state index in [1.807, 2.05) is 0 Å². The Morgan fingerprint density at radius 3 is 1.83 bits per heavy atom. The van der Waals surface area contributed by atoms with Gasteiger partial charge in [-0.15, -0.1) is 0 Å². The Kier molecular flexibility index (Phi) is 5.43. The molecule has 0 fully saturated rings. The fourth-order valence-corrected chi connectivity index (χ4v) is 12.2. The Hall–Kier alpha value is -5.44. The van der Waals surface area contributed by atoms with Crippen LogP contribution in [0, 0.1) is 0 Å². The molecule has 0 saturated heterocycles. The summed E-state index contributed by atoms with van der Waals surface area (Å²) in [5.41, 5.74) is 14.0. The van der Waals surface area contributed by atoms with E-state index in [-0.39, 0.29) is 0 Å². The van der Waals surface area contributed by atoms with Gasteiger partial charge in [0.1, 0.15) is 8.07 Å². The second kappa shape index (κ2) is 9.54. The fourth-order valence-electron chi connectivity index (χ4n) is 8.99. The van der Waals surface area contributed by atoms with Gasteiger partial charge in [0, 0.05) is 10.8 Å². The van der Waals surface area contributed by atoms with Gasteiger partial charge < -0.3 is 4.57 Å². The maximum Gasteiger partial charge on any atom is 0.113 e. The van der Waals surface area contributed by atoms with E-state index in [4.69, 9.17) is 0 Å². The lowest BCUT2D eigenvalue weighted by molar-refractivity contribution is 0.732. The zero-order chi connectivity index (χ0) is 31.3. The molecular formula is C45H33NSi. The Morgan fingerprint density at radius 1 is 0.426 bits per heavy atom. The molecule has 1 nitrogen and oxygen atoms in total. The SMILES string of the molecule is C[Si]1(C)c2ccccc2C2(c3ccccc3-n3c4ccccc4c4cccc2c43)c2cc(-c3ccc(-c4ccccc4)cc3)ccc21. The molecule has 0 radical (unpaired) electrons. The van der Waals surface area contributed by atoms with Crippen molar-refractivity contribution in [2.24, 2.45) is 0 Å². The molecule has 222 valence electrons. The molecule has 8 aromatic rings. The zero-order valence-corrected chi connectivity index (χ0v) is 27.5. The van der Waals surface area contributed by atoms with Crippen molar-refractivity contribution in [1.82, 2.24) is 4.57 Å². The van der Waals surface area contributed by atoms with Gasteiger partial charge in [-0.3, -0.25) is 0 Å². The maximum absolute atomic E-state index is 2.55. The van der Waals surface area contributed by atoms with E-state index in [1.54, 1.807) is 0 Å². The Labute approximate surface area is 276 Å². The molecular weight excluding hydrogens is 583 g/mol. The summed E-state index contributed by atoms with van der Waals surface area (Å²) in [6.45, 7) is 5.08. The first-order chi connectivity index (χ1) is 23.1. The zero-order valence-electron chi connectivity index (χ0n) is 26.5. The van der Waals surface area contributed by atoms with Crippen LogP contribution in [0.1, 0.15) is 22.3 Å². The van der Waals surface area contributed by atoms with Gasteiger partial charge >= 0.3 is 0 Å². The van der Waals surface area contributed by atoms with Crippen LogP contribution in [0.3, 0.4) is 0 Å². The van der Waals surface area contributed by atoms with E-state index in [9.17, 15) is 0 Å². The number of fused-ring (bicyclic) bond motifs is 11. The summed E-state index contributed by atoms with van der Waals surface area (Å²) in [5, 5.41) is 5.68. The molecule has 2 heteroatoms. The summed E-state index contributed by atoms with van der Waals surface area (Å²) < 4.78 is 2.53. The molecule has 0 N–H and O–H groups in total. The van der Waals surface area contributed by atoms with Crippen LogP contribution in [-0.2, 0) is 5.41 Å². The van der Waals surface area contributed by atoms with E-state index < -0.39 is 13.5 Å². The third kappa shape index (κ3) is 3.43. The first kappa shape index (κ1) is 26.7. The van der Waals surface area contributed by atoms with E-state index in [0.29, 0.717) is 0 Å². The first-order valence-corrected chi connectivity index (χ1v) is 19.6. The number of aromatic nitrogens is 1. The van der Waals surface area contributed by atoms with Gasteiger partial charge in [0.2, 0.25) is 0 Å². The van der Waals surface area contributed by atoms with Crippen LogP contribution >= 0.6 is 0 Å². The molecule has 47 heavy (non-hydrogen) atoms. The highest BCUT2D eigenvalue weighted by molar-refractivity contribution is 7.01. The third-order valence-electron chi connectivity index (χ3n) is 11.1. The summed E-state index contributed by atoms with van der Waals surface area (Å²) >= 11 is 0. The molecule has 0 amide bonds. The first-order valence-electron chi connectivity index (χ1n) is 16.6. The number of nitrogens with zero attached hydrogens (tertiary/aromatic N) is 1. The highest BCUT2D eigenvalue weighted by atomic mass is 28.3. The Morgan fingerprint density at radius 2 is 1.00 bits per heavy atom. The van der Waals surface area contributed by atoms with Gasteiger partial charge in [0.25, 0.3) is 0 Å². The third-order valence-corrected chi connectivity index (χ3v) is 14.6. The van der Waals surface area contributed by atoms with Crippen LogP contribution < -0.4 is 10.4 Å². The number of benzene rings is 7. The molecule has 1 spiro atoms. The molecule has 7 aromatic carbocycles. The minimum Gasteiger partial charge on any atom is -0.309 e. The largest absolute Gasteiger partial charge is 0.309 e. The Bertz CT molecular complexity index is 2540. The monoisotopic (exact) mass is 615 g/mol. The van der Waals surface area contributed by atoms with Crippen LogP contribution in [0.2, 0.25) is 13.1 Å². The maximum atomic E-state index is 2.55.